The predicted octanol–water partition coefficient (Wildman–Crippen LogP) is 7.08. The maximum absolute atomic E-state index is 6.42. The van der Waals surface area contributed by atoms with Gasteiger partial charge in [0.25, 0.3) is 0 Å². The first-order chi connectivity index (χ1) is 11.1. The average Bonchev–Trinajstić information content (AvgIpc) is 2.42. The molecule has 138 valence electrons. The van der Waals surface area contributed by atoms with Crippen molar-refractivity contribution in [1.29, 1.82) is 0 Å². The van der Waals surface area contributed by atoms with Crippen LogP contribution in [0.15, 0.2) is 30.8 Å². The van der Waals surface area contributed by atoms with E-state index in [0.29, 0.717) is 0 Å². The summed E-state index contributed by atoms with van der Waals surface area (Å²) in [5.74, 6) is 4.21. The van der Waals surface area contributed by atoms with Crippen LogP contribution in [0.5, 0.6) is 0 Å². The van der Waals surface area contributed by atoms with Gasteiger partial charge in [-0.15, -0.1) is 5.54 Å². The molecule has 0 bridgehead atoms. The van der Waals surface area contributed by atoms with E-state index in [0.717, 1.165) is 16.9 Å². The maximum atomic E-state index is 6.42. The monoisotopic (exact) mass is 372 g/mol. The minimum absolute atomic E-state index is 0.150. The lowest BCUT2D eigenvalue weighted by Crippen LogP contribution is -2.40. The summed E-state index contributed by atoms with van der Waals surface area (Å²) in [7, 11) is -3.55. The molecule has 0 unspecified atom stereocenters. The Morgan fingerprint density at radius 3 is 1.92 bits per heavy atom. The van der Waals surface area contributed by atoms with Gasteiger partial charge in [0.15, 0.2) is 0 Å². The summed E-state index contributed by atoms with van der Waals surface area (Å²) < 4.78 is 6.42. The van der Waals surface area contributed by atoms with Crippen molar-refractivity contribution in [3.63, 3.8) is 0 Å². The topological polar surface area (TPSA) is 9.23 Å². The average molecular weight is 373 g/mol. The van der Waals surface area contributed by atoms with Crippen LogP contribution in [0.3, 0.4) is 0 Å². The molecule has 0 heterocycles. The third-order valence-electron chi connectivity index (χ3n) is 5.80. The fourth-order valence-electron chi connectivity index (χ4n) is 1.76. The lowest BCUT2D eigenvalue weighted by Gasteiger charge is -2.37. The first-order valence-corrected chi connectivity index (χ1v) is 15.0. The van der Waals surface area contributed by atoms with Crippen molar-refractivity contribution in [3.05, 3.63) is 42.0 Å². The second-order valence-electron chi connectivity index (χ2n) is 9.96. The number of hydrogen-bond acceptors (Lipinski definition) is 1. The minimum atomic E-state index is -1.90. The highest BCUT2D eigenvalue weighted by atomic mass is 28.4. The van der Waals surface area contributed by atoms with Gasteiger partial charge in [0.1, 0.15) is 13.8 Å². The van der Waals surface area contributed by atoms with Crippen LogP contribution in [0.2, 0.25) is 36.3 Å². The van der Waals surface area contributed by atoms with E-state index in [-0.39, 0.29) is 10.1 Å². The van der Waals surface area contributed by atoms with Gasteiger partial charge < -0.3 is 4.43 Å². The zero-order chi connectivity index (χ0) is 19.7. The van der Waals surface area contributed by atoms with E-state index in [2.05, 4.69) is 97.9 Å². The summed E-state index contributed by atoms with van der Waals surface area (Å²) in [6, 6.07) is 8.23. The van der Waals surface area contributed by atoms with E-state index in [1.54, 1.807) is 0 Å². The van der Waals surface area contributed by atoms with Gasteiger partial charge in [0.2, 0.25) is 8.32 Å². The Morgan fingerprint density at radius 2 is 1.44 bits per heavy atom. The Bertz CT molecular complexity index is 689. The Labute approximate surface area is 158 Å². The summed E-state index contributed by atoms with van der Waals surface area (Å²) in [5, 5.41) is 0.404. The molecule has 0 saturated heterocycles. The first-order valence-electron chi connectivity index (χ1n) is 9.09. The van der Waals surface area contributed by atoms with Crippen LogP contribution in [0, 0.1) is 11.5 Å². The minimum Gasteiger partial charge on any atom is -0.543 e. The summed E-state index contributed by atoms with van der Waals surface area (Å²) in [6.45, 7) is 27.0. The molecule has 0 aromatic heterocycles. The van der Waals surface area contributed by atoms with Gasteiger partial charge in [-0.05, 0) is 29.2 Å². The van der Waals surface area contributed by atoms with E-state index in [1.807, 2.05) is 12.1 Å². The highest BCUT2D eigenvalue weighted by molar-refractivity contribution is 6.87. The van der Waals surface area contributed by atoms with Gasteiger partial charge in [-0.3, -0.25) is 0 Å². The third kappa shape index (κ3) is 5.36. The molecule has 0 amide bonds. The van der Waals surface area contributed by atoms with Crippen LogP contribution in [-0.4, -0.2) is 16.4 Å². The normalized spacial score (nSPS) is 13.0. The van der Waals surface area contributed by atoms with Gasteiger partial charge in [-0.25, -0.2) is 0 Å². The van der Waals surface area contributed by atoms with Crippen LogP contribution in [0.4, 0.5) is 0 Å². The summed E-state index contributed by atoms with van der Waals surface area (Å²) >= 11 is 0. The maximum Gasteiger partial charge on any atom is 0.250 e. The lowest BCUT2D eigenvalue weighted by atomic mass is 10.1. The number of rotatable bonds is 3. The molecule has 3 heteroatoms. The molecule has 1 aromatic carbocycles. The highest BCUT2D eigenvalue weighted by Gasteiger charge is 2.39. The van der Waals surface area contributed by atoms with Crippen LogP contribution in [-0.2, 0) is 4.43 Å². The molecule has 0 aliphatic heterocycles. The van der Waals surface area contributed by atoms with Gasteiger partial charge >= 0.3 is 0 Å². The van der Waals surface area contributed by atoms with Gasteiger partial charge in [0.05, 0.1) is 0 Å². The molecule has 0 N–H and O–H groups in total. The Kier molecular flexibility index (Phi) is 6.25. The molecule has 25 heavy (non-hydrogen) atoms. The highest BCUT2D eigenvalue weighted by Crippen LogP contribution is 2.39. The second-order valence-corrected chi connectivity index (χ2v) is 19.7. The van der Waals surface area contributed by atoms with Crippen molar-refractivity contribution in [2.75, 3.05) is 0 Å². The number of hydrogen-bond donors (Lipinski definition) is 0. The second kappa shape index (κ2) is 7.17. The standard InChI is InChI=1S/C22H36OSi2/c1-18(23-25(10,11)22(5,6)7)20-15-13-12-14-19(20)16-17-24(8,9)21(2,3)4/h12-15H,1H2,2-11H3. The van der Waals surface area contributed by atoms with E-state index in [1.165, 1.54) is 0 Å². The van der Waals surface area contributed by atoms with E-state index in [4.69, 9.17) is 4.43 Å². The van der Waals surface area contributed by atoms with Crippen molar-refractivity contribution < 1.29 is 4.43 Å². The fraction of sp³-hybridized carbons (Fsp3) is 0.545. The molecule has 0 atom stereocenters. The Balaban J connectivity index is 3.21. The molecule has 1 rings (SSSR count). The van der Waals surface area contributed by atoms with Crippen molar-refractivity contribution in [2.45, 2.75) is 77.8 Å². The third-order valence-corrected chi connectivity index (χ3v) is 14.7. The van der Waals surface area contributed by atoms with Crippen molar-refractivity contribution in [3.8, 4) is 11.5 Å². The van der Waals surface area contributed by atoms with E-state index in [9.17, 15) is 0 Å². The van der Waals surface area contributed by atoms with Crippen LogP contribution in [0.1, 0.15) is 52.7 Å². The zero-order valence-corrected chi connectivity index (χ0v) is 19.9. The largest absolute Gasteiger partial charge is 0.543 e. The smallest absolute Gasteiger partial charge is 0.250 e. The Morgan fingerprint density at radius 1 is 0.920 bits per heavy atom. The van der Waals surface area contributed by atoms with E-state index >= 15 is 0 Å². The summed E-state index contributed by atoms with van der Waals surface area (Å²) in [6.07, 6.45) is 0. The molecular formula is C22H36OSi2. The quantitative estimate of drug-likeness (QED) is 0.313. The van der Waals surface area contributed by atoms with Gasteiger partial charge in [-0.2, -0.15) is 0 Å². The van der Waals surface area contributed by atoms with Crippen LogP contribution >= 0.6 is 0 Å². The van der Waals surface area contributed by atoms with Crippen molar-refractivity contribution in [1.82, 2.24) is 0 Å². The van der Waals surface area contributed by atoms with Crippen molar-refractivity contribution in [2.24, 2.45) is 0 Å². The molecular weight excluding hydrogens is 336 g/mol. The SMILES string of the molecule is C=C(O[Si](C)(C)C(C)(C)C)c1ccccc1C#C[Si](C)(C)C(C)(C)C. The number of benzene rings is 1. The molecule has 0 radical (unpaired) electrons. The van der Waals surface area contributed by atoms with Gasteiger partial charge in [0, 0.05) is 11.1 Å². The summed E-state index contributed by atoms with van der Waals surface area (Å²) in [5.41, 5.74) is 5.66. The molecule has 0 aliphatic rings. The molecule has 1 nitrogen and oxygen atoms in total. The van der Waals surface area contributed by atoms with Crippen LogP contribution < -0.4 is 0 Å². The van der Waals surface area contributed by atoms with Crippen molar-refractivity contribution >= 4 is 22.2 Å². The van der Waals surface area contributed by atoms with E-state index < -0.39 is 16.4 Å². The molecule has 1 aromatic rings. The Hall–Kier alpha value is -1.25. The fourth-order valence-corrected chi connectivity index (χ4v) is 3.62. The first kappa shape index (κ1) is 21.8. The molecule has 0 saturated carbocycles. The molecule has 0 spiro atoms. The summed E-state index contributed by atoms with van der Waals surface area (Å²) in [4.78, 5) is 0. The zero-order valence-electron chi connectivity index (χ0n) is 17.9. The van der Waals surface area contributed by atoms with Gasteiger partial charge in [-0.1, -0.05) is 85.3 Å². The lowest BCUT2D eigenvalue weighted by molar-refractivity contribution is 0.459. The van der Waals surface area contributed by atoms with Crippen LogP contribution in [0.25, 0.3) is 5.76 Å². The predicted molar refractivity (Wildman–Crippen MR) is 118 cm³/mol. The molecule has 0 aliphatic carbocycles. The molecule has 0 fully saturated rings.